The number of phosphoric acid groups is 1. The maximum atomic E-state index is 13.1. The van der Waals surface area contributed by atoms with Crippen molar-refractivity contribution in [2.24, 2.45) is 28.1 Å². The first kappa shape index (κ1) is 35.9. The van der Waals surface area contributed by atoms with Gasteiger partial charge < -0.3 is 53.0 Å². The molecular formula is C21H41N8O9P. The average Bonchev–Trinajstić information content (AvgIpc) is 2.81. The summed E-state index contributed by atoms with van der Waals surface area (Å²) in [6.07, 6.45) is -0.485. The molecule has 0 rings (SSSR count). The van der Waals surface area contributed by atoms with Crippen LogP contribution in [0.1, 0.15) is 47.5 Å². The van der Waals surface area contributed by atoms with Crippen LogP contribution >= 0.6 is 7.82 Å². The maximum Gasteiger partial charge on any atom is 0.469 e. The van der Waals surface area contributed by atoms with Gasteiger partial charge >= 0.3 is 7.82 Å². The summed E-state index contributed by atoms with van der Waals surface area (Å²) in [7, 11) is -5.09. The minimum Gasteiger partial charge on any atom is -0.370 e. The second-order valence-corrected chi connectivity index (χ2v) is 10.4. The predicted octanol–water partition coefficient (Wildman–Crippen LogP) is -3.30. The Bertz CT molecular complexity index is 938. The van der Waals surface area contributed by atoms with E-state index >= 15 is 0 Å². The number of hydrogen-bond acceptors (Lipinski definition) is 9. The molecule has 0 radical (unpaired) electrons. The van der Waals surface area contributed by atoms with Gasteiger partial charge in [-0.2, -0.15) is 0 Å². The topological polar surface area (TPSA) is 291 Å². The quantitative estimate of drug-likeness (QED) is 0.0269. The van der Waals surface area contributed by atoms with E-state index in [9.17, 15) is 38.3 Å². The number of nitrogens with two attached hydrogens (primary N) is 3. The summed E-state index contributed by atoms with van der Waals surface area (Å²) in [5.74, 6) is -3.87. The molecule has 12 N–H and O–H groups in total. The first-order valence-corrected chi connectivity index (χ1v) is 13.6. The molecule has 17 nitrogen and oxygen atoms in total. The van der Waals surface area contributed by atoms with Crippen molar-refractivity contribution in [3.05, 3.63) is 0 Å². The van der Waals surface area contributed by atoms with Gasteiger partial charge in [-0.3, -0.25) is 28.7 Å². The number of rotatable bonds is 17. The normalized spacial score (nSPS) is 16.0. The molecule has 0 heterocycles. The lowest BCUT2D eigenvalue weighted by molar-refractivity contribution is -0.136. The van der Waals surface area contributed by atoms with E-state index in [0.29, 0.717) is 12.7 Å². The molecule has 18 heteroatoms. The average molecular weight is 581 g/mol. The van der Waals surface area contributed by atoms with Crippen molar-refractivity contribution in [2.75, 3.05) is 6.54 Å². The standard InChI is InChI=1S/C21H41N8O9P/c1-10(2)15(19(33)26-11(3)9-30)28-20(34)16(13(5)38-39(35,36)37)29-17(31)12(4)27-18(32)14(22)7-6-8-25-21(23)24/h9-16H,6-8,22H2,1-5H3,(H,26,33)(H,27,32)(H,28,34)(H,29,31)(H4,23,24,25)(H2,35,36,37)/t11-,12-,13+,14-,15-,16-/m0/s1. The number of aliphatic imine (C=N–C) groups is 1. The molecule has 0 saturated heterocycles. The number of hydrogen-bond donors (Lipinski definition) is 9. The van der Waals surface area contributed by atoms with Crippen LogP contribution in [-0.2, 0) is 33.1 Å². The van der Waals surface area contributed by atoms with E-state index in [4.69, 9.17) is 17.2 Å². The summed E-state index contributed by atoms with van der Waals surface area (Å²) < 4.78 is 16.0. The van der Waals surface area contributed by atoms with Crippen molar-refractivity contribution in [1.82, 2.24) is 21.3 Å². The number of nitrogens with one attached hydrogen (secondary N) is 4. The molecule has 0 aromatic heterocycles. The van der Waals surface area contributed by atoms with Crippen LogP contribution in [0, 0.1) is 5.92 Å². The molecule has 39 heavy (non-hydrogen) atoms. The van der Waals surface area contributed by atoms with Crippen molar-refractivity contribution in [2.45, 2.75) is 83.8 Å². The first-order valence-electron chi connectivity index (χ1n) is 12.1. The fourth-order valence-corrected chi connectivity index (χ4v) is 3.67. The molecule has 4 amide bonds. The predicted molar refractivity (Wildman–Crippen MR) is 140 cm³/mol. The lowest BCUT2D eigenvalue weighted by Crippen LogP contribution is -2.61. The zero-order valence-corrected chi connectivity index (χ0v) is 23.5. The van der Waals surface area contributed by atoms with Gasteiger partial charge in [0.1, 0.15) is 24.4 Å². The van der Waals surface area contributed by atoms with Gasteiger partial charge in [-0.15, -0.1) is 0 Å². The highest BCUT2D eigenvalue weighted by atomic mass is 31.2. The van der Waals surface area contributed by atoms with Gasteiger partial charge in [-0.05, 0) is 39.5 Å². The van der Waals surface area contributed by atoms with Gasteiger partial charge in [0.25, 0.3) is 0 Å². The fraction of sp³-hybridized carbons (Fsp3) is 0.714. The molecule has 0 saturated carbocycles. The van der Waals surface area contributed by atoms with Crippen molar-refractivity contribution in [3.8, 4) is 0 Å². The van der Waals surface area contributed by atoms with E-state index in [1.54, 1.807) is 13.8 Å². The third kappa shape index (κ3) is 14.6. The second-order valence-electron chi connectivity index (χ2n) is 9.24. The molecule has 0 aromatic carbocycles. The van der Waals surface area contributed by atoms with Gasteiger partial charge in [-0.25, -0.2) is 4.57 Å². The molecule has 0 aliphatic rings. The summed E-state index contributed by atoms with van der Waals surface area (Å²) >= 11 is 0. The minimum atomic E-state index is -5.09. The smallest absolute Gasteiger partial charge is 0.370 e. The molecule has 0 bridgehead atoms. The molecule has 0 fully saturated rings. The van der Waals surface area contributed by atoms with Crippen LogP contribution in [-0.4, -0.2) is 88.5 Å². The number of nitrogens with zero attached hydrogens (tertiary/aromatic N) is 1. The van der Waals surface area contributed by atoms with Gasteiger partial charge in [0.2, 0.25) is 23.6 Å². The van der Waals surface area contributed by atoms with Crippen LogP contribution in [0.25, 0.3) is 0 Å². The Morgan fingerprint density at radius 2 is 1.44 bits per heavy atom. The van der Waals surface area contributed by atoms with Crippen molar-refractivity contribution in [3.63, 3.8) is 0 Å². The van der Waals surface area contributed by atoms with Gasteiger partial charge in [0, 0.05) is 6.54 Å². The third-order valence-electron chi connectivity index (χ3n) is 5.23. The van der Waals surface area contributed by atoms with E-state index in [1.807, 2.05) is 0 Å². The van der Waals surface area contributed by atoms with Gasteiger partial charge in [0.15, 0.2) is 5.96 Å². The number of carbonyl (C=O) groups excluding carboxylic acids is 5. The van der Waals surface area contributed by atoms with Crippen LogP contribution in [0.5, 0.6) is 0 Å². The lowest BCUT2D eigenvalue weighted by Gasteiger charge is -2.29. The minimum absolute atomic E-state index is 0.107. The summed E-state index contributed by atoms with van der Waals surface area (Å²) in [5, 5.41) is 9.45. The highest BCUT2D eigenvalue weighted by Gasteiger charge is 2.36. The number of amides is 4. The molecule has 0 unspecified atom stereocenters. The Labute approximate surface area is 226 Å². The Kier molecular flexibility index (Phi) is 15.4. The summed E-state index contributed by atoms with van der Waals surface area (Å²) in [5.41, 5.74) is 16.3. The maximum absolute atomic E-state index is 13.1. The molecule has 0 aromatic rings. The number of guanidine groups is 1. The molecule has 0 aliphatic heterocycles. The molecular weight excluding hydrogens is 539 g/mol. The van der Waals surface area contributed by atoms with Gasteiger partial charge in [-0.1, -0.05) is 13.8 Å². The Morgan fingerprint density at radius 3 is 1.92 bits per heavy atom. The van der Waals surface area contributed by atoms with Crippen molar-refractivity contribution >= 4 is 43.7 Å². The second kappa shape index (κ2) is 16.8. The third-order valence-corrected chi connectivity index (χ3v) is 5.84. The number of phosphoric ester groups is 1. The van der Waals surface area contributed by atoms with Crippen LogP contribution in [0.3, 0.4) is 0 Å². The van der Waals surface area contributed by atoms with Crippen LogP contribution in [0.4, 0.5) is 0 Å². The van der Waals surface area contributed by atoms with Crippen molar-refractivity contribution < 1.29 is 42.8 Å². The zero-order valence-electron chi connectivity index (χ0n) is 22.6. The zero-order chi connectivity index (χ0) is 30.5. The van der Waals surface area contributed by atoms with Crippen molar-refractivity contribution in [1.29, 1.82) is 0 Å². The molecule has 0 spiro atoms. The van der Waals surface area contributed by atoms with E-state index in [2.05, 4.69) is 30.8 Å². The largest absolute Gasteiger partial charge is 0.469 e. The van der Waals surface area contributed by atoms with E-state index < -0.39 is 73.7 Å². The fourth-order valence-electron chi connectivity index (χ4n) is 3.11. The highest BCUT2D eigenvalue weighted by Crippen LogP contribution is 2.38. The van der Waals surface area contributed by atoms with Crippen LogP contribution < -0.4 is 38.5 Å². The molecule has 224 valence electrons. The van der Waals surface area contributed by atoms with Crippen LogP contribution in [0.15, 0.2) is 4.99 Å². The van der Waals surface area contributed by atoms with E-state index in [-0.39, 0.29) is 18.9 Å². The van der Waals surface area contributed by atoms with E-state index in [1.165, 1.54) is 13.8 Å². The monoisotopic (exact) mass is 580 g/mol. The van der Waals surface area contributed by atoms with Crippen LogP contribution in [0.2, 0.25) is 0 Å². The summed E-state index contributed by atoms with van der Waals surface area (Å²) in [6.45, 7) is 7.31. The summed E-state index contributed by atoms with van der Waals surface area (Å²) in [4.78, 5) is 83.8. The first-order chi connectivity index (χ1) is 17.9. The number of aldehydes is 1. The molecule has 6 atom stereocenters. The number of carbonyl (C=O) groups is 5. The summed E-state index contributed by atoms with van der Waals surface area (Å²) in [6, 6.07) is -5.93. The Hall–Kier alpha value is -3.11. The molecule has 0 aliphatic carbocycles. The highest BCUT2D eigenvalue weighted by molar-refractivity contribution is 7.46. The van der Waals surface area contributed by atoms with Gasteiger partial charge in [0.05, 0.1) is 18.2 Å². The SMILES string of the molecule is CC(C)[C@H](NC(=O)[C@@H](NC(=O)[C@H](C)NC(=O)[C@@H](N)CCCN=C(N)N)[C@@H](C)OP(=O)(O)O)C(=O)N[C@@H](C)C=O. The Morgan fingerprint density at radius 1 is 0.897 bits per heavy atom. The lowest BCUT2D eigenvalue weighted by atomic mass is 10.0. The Balaban J connectivity index is 5.56. The van der Waals surface area contributed by atoms with E-state index in [0.717, 1.165) is 6.92 Å².